The molecule has 0 aliphatic carbocycles. The number of carbonyl (C=O) groups is 5. The molecular weight excluding hydrogens is 658 g/mol. The normalized spacial score (nSPS) is 18.2. The van der Waals surface area contributed by atoms with E-state index in [0.29, 0.717) is 17.7 Å². The summed E-state index contributed by atoms with van der Waals surface area (Å²) in [5, 5.41) is 31.3. The number of carbonyl (C=O) groups excluding carboxylic acids is 5. The molecule has 19 heteroatoms. The van der Waals surface area contributed by atoms with Gasteiger partial charge in [-0.05, 0) is 20.8 Å². The first-order chi connectivity index (χ1) is 22.0. The van der Waals surface area contributed by atoms with Crippen LogP contribution in [0.15, 0.2) is 38.9 Å². The molecular formula is C28H33N7O10S2. The van der Waals surface area contributed by atoms with Crippen molar-refractivity contribution < 1.29 is 48.2 Å². The van der Waals surface area contributed by atoms with Gasteiger partial charge in [-0.3, -0.25) is 24.1 Å². The van der Waals surface area contributed by atoms with E-state index in [1.165, 1.54) is 29.4 Å². The maximum Gasteiger partial charge on any atom is 0.347 e. The minimum atomic E-state index is -1.56. The van der Waals surface area contributed by atoms with Crippen molar-refractivity contribution in [3.8, 4) is 5.75 Å². The number of thioether (sulfide) groups is 1. The van der Waals surface area contributed by atoms with E-state index >= 15 is 0 Å². The van der Waals surface area contributed by atoms with Crippen molar-refractivity contribution in [1.82, 2.24) is 20.2 Å². The Hall–Kier alpha value is -4.75. The third kappa shape index (κ3) is 8.54. The summed E-state index contributed by atoms with van der Waals surface area (Å²) in [4.78, 5) is 86.9. The highest BCUT2D eigenvalue weighted by atomic mass is 32.2. The highest BCUT2D eigenvalue weighted by Gasteiger charge is 2.53. The highest BCUT2D eigenvalue weighted by molar-refractivity contribution is 8.00. The minimum absolute atomic E-state index is 0.0199. The number of oxime groups is 1. The van der Waals surface area contributed by atoms with E-state index in [1.54, 1.807) is 20.8 Å². The lowest BCUT2D eigenvalue weighted by atomic mass is 10.0. The predicted molar refractivity (Wildman–Crippen MR) is 167 cm³/mol. The van der Waals surface area contributed by atoms with Crippen LogP contribution in [-0.4, -0.2) is 110 Å². The van der Waals surface area contributed by atoms with Crippen LogP contribution in [0.2, 0.25) is 0 Å². The number of thiazole rings is 1. The van der Waals surface area contributed by atoms with Crippen molar-refractivity contribution in [2.75, 3.05) is 38.3 Å². The van der Waals surface area contributed by atoms with Gasteiger partial charge in [-0.15, -0.1) is 23.1 Å². The number of rotatable bonds is 13. The molecule has 0 unspecified atom stereocenters. The number of H-pyrrole nitrogens is 1. The average Bonchev–Trinajstić information content (AvgIpc) is 3.42. The van der Waals surface area contributed by atoms with E-state index in [1.807, 2.05) is 14.1 Å². The molecule has 4 N–H and O–H groups in total. The number of quaternary nitrogens is 1. The Kier molecular flexibility index (Phi) is 10.4. The van der Waals surface area contributed by atoms with E-state index < -0.39 is 64.3 Å². The Labute approximate surface area is 276 Å². The van der Waals surface area contributed by atoms with E-state index in [4.69, 9.17) is 9.57 Å². The topological polar surface area (TPSA) is 233 Å². The van der Waals surface area contributed by atoms with Crippen LogP contribution in [0.1, 0.15) is 32.2 Å². The summed E-state index contributed by atoms with van der Waals surface area (Å²) < 4.78 is 5.35. The largest absolute Gasteiger partial charge is 0.543 e. The molecule has 2 aromatic rings. The van der Waals surface area contributed by atoms with Gasteiger partial charge in [0.2, 0.25) is 18.4 Å². The Bertz CT molecular complexity index is 1710. The fourth-order valence-corrected chi connectivity index (χ4v) is 6.85. The molecule has 4 heterocycles. The van der Waals surface area contributed by atoms with Gasteiger partial charge in [0.25, 0.3) is 11.8 Å². The lowest BCUT2D eigenvalue weighted by Gasteiger charge is -2.51. The third-order valence-corrected chi connectivity index (χ3v) is 8.71. The van der Waals surface area contributed by atoms with Crippen LogP contribution >= 0.6 is 23.1 Å². The molecule has 47 heavy (non-hydrogen) atoms. The molecule has 0 radical (unpaired) electrons. The van der Waals surface area contributed by atoms with Crippen LogP contribution in [0, 0.1) is 0 Å². The van der Waals surface area contributed by atoms with Crippen LogP contribution in [-0.2, 0) is 40.1 Å². The fourth-order valence-electron chi connectivity index (χ4n) is 4.86. The number of hydrogen-bond donors (Lipinski definition) is 4. The number of aliphatic carboxylic acids is 1. The summed E-state index contributed by atoms with van der Waals surface area (Å²) >= 11 is 2.22. The molecule has 0 bridgehead atoms. The Balaban J connectivity index is 1.51. The number of aromatic nitrogens is 2. The number of ether oxygens (including phenoxy) is 1. The number of hydrogen-bond acceptors (Lipinski definition) is 14. The summed E-state index contributed by atoms with van der Waals surface area (Å²) in [6.45, 7) is 4.82. The van der Waals surface area contributed by atoms with Gasteiger partial charge in [0.15, 0.2) is 16.6 Å². The summed E-state index contributed by atoms with van der Waals surface area (Å²) in [6, 6.07) is 0.113. The van der Waals surface area contributed by atoms with Crippen LogP contribution in [0.5, 0.6) is 5.75 Å². The predicted octanol–water partition coefficient (Wildman–Crippen LogP) is -1.15. The highest BCUT2D eigenvalue weighted by Crippen LogP contribution is 2.40. The Morgan fingerprint density at radius 3 is 2.64 bits per heavy atom. The number of fused-ring (bicyclic) bond motifs is 1. The average molecular weight is 692 g/mol. The third-order valence-electron chi connectivity index (χ3n) is 6.60. The first-order valence-corrected chi connectivity index (χ1v) is 15.9. The van der Waals surface area contributed by atoms with Crippen molar-refractivity contribution in [2.24, 2.45) is 5.16 Å². The zero-order valence-electron chi connectivity index (χ0n) is 26.0. The number of nitrogens with zero attached hydrogens (tertiary/aromatic N) is 4. The van der Waals surface area contributed by atoms with E-state index in [-0.39, 0.29) is 39.8 Å². The van der Waals surface area contributed by atoms with Crippen LogP contribution in [0.3, 0.4) is 0 Å². The maximum atomic E-state index is 13.4. The first kappa shape index (κ1) is 35.1. The van der Waals surface area contributed by atoms with Gasteiger partial charge in [0, 0.05) is 29.0 Å². The van der Waals surface area contributed by atoms with Gasteiger partial charge in [-0.25, -0.2) is 9.78 Å². The number of carboxylic acid groups (broad SMARTS) is 1. The van der Waals surface area contributed by atoms with Crippen LogP contribution < -0.4 is 21.2 Å². The molecule has 2 atom stereocenters. The number of nitrogens with one attached hydrogen (secondary N) is 3. The van der Waals surface area contributed by atoms with E-state index in [2.05, 4.69) is 25.8 Å². The first-order valence-electron chi connectivity index (χ1n) is 14.0. The molecule has 4 rings (SSSR count). The lowest BCUT2D eigenvalue weighted by Crippen LogP contribution is -2.71. The number of pyridine rings is 1. The van der Waals surface area contributed by atoms with Crippen molar-refractivity contribution >= 4 is 64.1 Å². The Morgan fingerprint density at radius 2 is 2.00 bits per heavy atom. The molecule has 2 aliphatic rings. The number of aromatic hydroxyl groups is 1. The second kappa shape index (κ2) is 13.9. The molecule has 2 aromatic heterocycles. The van der Waals surface area contributed by atoms with Gasteiger partial charge in [-0.1, -0.05) is 5.16 Å². The summed E-state index contributed by atoms with van der Waals surface area (Å²) in [6.07, 6.45) is 1.57. The van der Waals surface area contributed by atoms with Crippen molar-refractivity contribution in [3.63, 3.8) is 0 Å². The summed E-state index contributed by atoms with van der Waals surface area (Å²) in [7, 11) is 3.62. The molecule has 0 spiro atoms. The smallest absolute Gasteiger partial charge is 0.347 e. The quantitative estimate of drug-likeness (QED) is 0.0487. The number of β-lactam (4-membered cyclic amide) rings is 1. The molecule has 0 aromatic carbocycles. The van der Waals surface area contributed by atoms with E-state index in [9.17, 15) is 39.0 Å². The molecule has 1 saturated heterocycles. The van der Waals surface area contributed by atoms with Crippen molar-refractivity contribution in [3.05, 3.63) is 50.5 Å². The van der Waals surface area contributed by atoms with E-state index in [0.717, 1.165) is 16.2 Å². The molecule has 0 saturated carbocycles. The minimum Gasteiger partial charge on any atom is -0.543 e. The Morgan fingerprint density at radius 1 is 1.28 bits per heavy atom. The number of carboxylic acids is 1. The zero-order chi connectivity index (χ0) is 34.7. The fraction of sp³-hybridized carbons (Fsp3) is 0.429. The number of anilines is 1. The molecule has 17 nitrogen and oxygen atoms in total. The van der Waals surface area contributed by atoms with Gasteiger partial charge in [0.05, 0.1) is 31.5 Å². The van der Waals surface area contributed by atoms with Crippen molar-refractivity contribution in [2.45, 2.75) is 44.3 Å². The number of likely N-dealkylation sites (N-methyl/N-ethyl adjacent to an activating group) is 1. The molecule has 1 fully saturated rings. The second-order valence-electron chi connectivity index (χ2n) is 12.2. The maximum absolute atomic E-state index is 13.4. The number of amides is 3. The molecule has 252 valence electrons. The van der Waals surface area contributed by atoms with Gasteiger partial charge < -0.3 is 44.7 Å². The summed E-state index contributed by atoms with van der Waals surface area (Å²) in [5.41, 5.74) is -1.13. The van der Waals surface area contributed by atoms with Gasteiger partial charge in [0.1, 0.15) is 35.8 Å². The zero-order valence-corrected chi connectivity index (χ0v) is 27.7. The second-order valence-corrected chi connectivity index (χ2v) is 14.1. The monoisotopic (exact) mass is 691 g/mol. The number of esters is 1. The molecule has 2 aliphatic heterocycles. The van der Waals surface area contributed by atoms with Gasteiger partial charge in [-0.2, -0.15) is 0 Å². The van der Waals surface area contributed by atoms with Crippen LogP contribution in [0.4, 0.5) is 5.13 Å². The van der Waals surface area contributed by atoms with Crippen LogP contribution in [0.25, 0.3) is 0 Å². The number of aromatic amines is 1. The molecule has 3 amide bonds. The standard InChI is InChI=1S/C28H33N7O10S2/c1-28(2,3)45-19(39)10-44-33-20(16-12-47-27(31-16)30-13-36)23(40)32-21-24(41)34-22(26(42)43)14(11-46-25(21)34)8-35(4,5)9-15-6-17(37)18(38)7-29-15/h6-7,12-13,21,25H,8-11H2,1-5H3,(H4-,29,30,31,32,33,36,37,38,40,42,43)/t21-,25+/m1/s1. The SMILES string of the molecule is CC(C)(C)OC(=O)CON=C(C(=O)N[C@@H]1C(=O)N2C(C(=O)[O-])=C(C[N+](C)(C)Cc3cc(=O)c(O)c[nH]3)CS[C@@H]12)c1csc(NC=O)n1. The van der Waals surface area contributed by atoms with Crippen molar-refractivity contribution in [1.29, 1.82) is 0 Å². The summed E-state index contributed by atoms with van der Waals surface area (Å²) in [5.74, 6) is -4.13. The van der Waals surface area contributed by atoms with Gasteiger partial charge >= 0.3 is 5.97 Å². The lowest BCUT2D eigenvalue weighted by molar-refractivity contribution is -0.899.